The highest BCUT2D eigenvalue weighted by Gasteiger charge is 2.64. The van der Waals surface area contributed by atoms with Crippen LogP contribution >= 0.6 is 0 Å². The monoisotopic (exact) mass is 556 g/mol. The highest BCUT2D eigenvalue weighted by molar-refractivity contribution is 7.89. The molecule has 2 bridgehead atoms. The predicted octanol–water partition coefficient (Wildman–Crippen LogP) is 2.68. The van der Waals surface area contributed by atoms with Crippen molar-refractivity contribution < 1.29 is 32.6 Å². The summed E-state index contributed by atoms with van der Waals surface area (Å²) in [5.74, 6) is -0.429. The summed E-state index contributed by atoms with van der Waals surface area (Å²) in [6, 6.07) is 12.6. The summed E-state index contributed by atoms with van der Waals surface area (Å²) < 4.78 is 39.5. The molecule has 9 nitrogen and oxygen atoms in total. The number of benzene rings is 2. The molecular formula is C29H36N2O7S. The molecule has 2 aromatic carbocycles. The number of fused-ring (bicyclic) bond motifs is 1. The average Bonchev–Trinajstić information content (AvgIpc) is 3.19. The Hall–Kier alpha value is -2.95. The molecule has 1 amide bonds. The van der Waals surface area contributed by atoms with Crippen molar-refractivity contribution in [1.82, 2.24) is 9.21 Å². The SMILES string of the molecule is COc1ccc(C[C@H]2[C@@H](OC(C)=O)[C@H]3C[C@@]4(CC[C@H]3O)C[C@H](N(C)S(=O)(=O)c3ccc(C)cc3)C(=O)N24)cc1. The van der Waals surface area contributed by atoms with Crippen molar-refractivity contribution in [3.8, 4) is 5.75 Å². The second kappa shape index (κ2) is 10.2. The standard InChI is InChI=1S/C29H36N2O7S/c1-18-5-11-22(12-6-18)39(35,36)30(3)25-17-29-14-13-26(33)23(16-29)27(38-19(2)32)24(31(29)28(25)34)15-20-7-9-21(37-4)10-8-20/h5-12,23-27,33H,13-17H2,1-4H3/t23-,24-,25-,26+,27-,29-/m0/s1. The molecule has 5 rings (SSSR count). The molecule has 10 heteroatoms. The third-order valence-corrected chi connectivity index (χ3v) is 10.7. The summed E-state index contributed by atoms with van der Waals surface area (Å²) in [5, 5.41) is 11.0. The lowest BCUT2D eigenvalue weighted by molar-refractivity contribution is -0.187. The summed E-state index contributed by atoms with van der Waals surface area (Å²) in [5.41, 5.74) is 1.23. The van der Waals surface area contributed by atoms with Gasteiger partial charge in [0.2, 0.25) is 15.9 Å². The number of aliphatic hydroxyl groups excluding tert-OH is 1. The number of carbonyl (C=O) groups is 2. The molecule has 2 saturated heterocycles. The predicted molar refractivity (Wildman–Crippen MR) is 143 cm³/mol. The topological polar surface area (TPSA) is 113 Å². The Labute approximate surface area is 229 Å². The number of likely N-dealkylation sites (N-methyl/N-ethyl adjacent to an activating group) is 1. The lowest BCUT2D eigenvalue weighted by Crippen LogP contribution is -2.68. The van der Waals surface area contributed by atoms with Crippen molar-refractivity contribution in [2.45, 2.75) is 80.7 Å². The van der Waals surface area contributed by atoms with Gasteiger partial charge in [-0.1, -0.05) is 29.8 Å². The first kappa shape index (κ1) is 27.6. The zero-order chi connectivity index (χ0) is 28.1. The van der Waals surface area contributed by atoms with Crippen LogP contribution < -0.4 is 4.74 Å². The number of methoxy groups -OCH3 is 1. The molecule has 1 aliphatic carbocycles. The fraction of sp³-hybridized carbons (Fsp3) is 0.517. The van der Waals surface area contributed by atoms with Gasteiger partial charge in [-0.05, 0) is 68.9 Å². The number of hydrogen-bond acceptors (Lipinski definition) is 7. The fourth-order valence-electron chi connectivity index (χ4n) is 6.83. The maximum Gasteiger partial charge on any atom is 0.302 e. The normalized spacial score (nSPS) is 30.3. The molecule has 39 heavy (non-hydrogen) atoms. The molecule has 1 spiro atoms. The van der Waals surface area contributed by atoms with E-state index in [1.807, 2.05) is 31.2 Å². The zero-order valence-corrected chi connectivity index (χ0v) is 23.6. The maximum atomic E-state index is 14.2. The number of hydrogen-bond donors (Lipinski definition) is 1. The van der Waals surface area contributed by atoms with Crippen LogP contribution in [0.25, 0.3) is 0 Å². The molecule has 0 aromatic heterocycles. The third kappa shape index (κ3) is 4.83. The first-order valence-electron chi connectivity index (χ1n) is 13.3. The number of ether oxygens (including phenoxy) is 2. The van der Waals surface area contributed by atoms with E-state index in [9.17, 15) is 23.1 Å². The van der Waals surface area contributed by atoms with Crippen LogP contribution in [-0.2, 0) is 30.8 Å². The number of sulfonamides is 1. The number of aliphatic hydroxyl groups is 1. The second-order valence-corrected chi connectivity index (χ2v) is 13.2. The van der Waals surface area contributed by atoms with Gasteiger partial charge in [-0.2, -0.15) is 4.31 Å². The Balaban J connectivity index is 1.54. The van der Waals surface area contributed by atoms with Crippen molar-refractivity contribution in [1.29, 1.82) is 0 Å². The van der Waals surface area contributed by atoms with Crippen LogP contribution in [0.15, 0.2) is 53.4 Å². The lowest BCUT2D eigenvalue weighted by Gasteiger charge is -2.57. The van der Waals surface area contributed by atoms with Gasteiger partial charge in [0.25, 0.3) is 0 Å². The van der Waals surface area contributed by atoms with Crippen LogP contribution in [0, 0.1) is 12.8 Å². The van der Waals surface area contributed by atoms with E-state index >= 15 is 0 Å². The Kier molecular flexibility index (Phi) is 7.24. The summed E-state index contributed by atoms with van der Waals surface area (Å²) in [6.07, 6.45) is 0.770. The molecule has 2 heterocycles. The molecule has 2 aliphatic heterocycles. The number of aryl methyl sites for hydroxylation is 1. The van der Waals surface area contributed by atoms with E-state index < -0.39 is 45.8 Å². The minimum Gasteiger partial charge on any atom is -0.497 e. The summed E-state index contributed by atoms with van der Waals surface area (Å²) in [4.78, 5) is 28.4. The van der Waals surface area contributed by atoms with Crippen LogP contribution in [0.3, 0.4) is 0 Å². The molecule has 210 valence electrons. The molecule has 3 aliphatic rings. The van der Waals surface area contributed by atoms with Crippen molar-refractivity contribution in [3.63, 3.8) is 0 Å². The molecule has 1 N–H and O–H groups in total. The van der Waals surface area contributed by atoms with Gasteiger partial charge in [-0.3, -0.25) is 9.59 Å². The van der Waals surface area contributed by atoms with Gasteiger partial charge in [0, 0.05) is 25.4 Å². The van der Waals surface area contributed by atoms with E-state index in [0.717, 1.165) is 11.1 Å². The van der Waals surface area contributed by atoms with E-state index in [0.29, 0.717) is 37.9 Å². The van der Waals surface area contributed by atoms with E-state index in [2.05, 4.69) is 0 Å². The van der Waals surface area contributed by atoms with Crippen molar-refractivity contribution >= 4 is 21.9 Å². The van der Waals surface area contributed by atoms with E-state index in [1.54, 1.807) is 36.3 Å². The van der Waals surface area contributed by atoms with Gasteiger partial charge >= 0.3 is 5.97 Å². The summed E-state index contributed by atoms with van der Waals surface area (Å²) >= 11 is 0. The Bertz CT molecular complexity index is 1340. The number of nitrogens with zero attached hydrogens (tertiary/aromatic N) is 2. The Morgan fingerprint density at radius 1 is 1.13 bits per heavy atom. The lowest BCUT2D eigenvalue weighted by atomic mass is 9.65. The fourth-order valence-corrected chi connectivity index (χ4v) is 8.14. The Morgan fingerprint density at radius 3 is 2.41 bits per heavy atom. The first-order valence-corrected chi connectivity index (χ1v) is 14.8. The molecular weight excluding hydrogens is 520 g/mol. The highest BCUT2D eigenvalue weighted by atomic mass is 32.2. The van der Waals surface area contributed by atoms with Crippen molar-refractivity contribution in [2.24, 2.45) is 5.92 Å². The smallest absolute Gasteiger partial charge is 0.302 e. The number of amides is 1. The van der Waals surface area contributed by atoms with Gasteiger partial charge < -0.3 is 19.5 Å². The second-order valence-electron chi connectivity index (χ2n) is 11.2. The quantitative estimate of drug-likeness (QED) is 0.522. The van der Waals surface area contributed by atoms with Gasteiger partial charge in [-0.25, -0.2) is 8.42 Å². The van der Waals surface area contributed by atoms with E-state index in [1.165, 1.54) is 18.3 Å². The minimum absolute atomic E-state index is 0.135. The van der Waals surface area contributed by atoms with Crippen LogP contribution in [0.5, 0.6) is 5.75 Å². The maximum absolute atomic E-state index is 14.2. The molecule has 3 fully saturated rings. The minimum atomic E-state index is -3.94. The van der Waals surface area contributed by atoms with Crippen molar-refractivity contribution in [2.75, 3.05) is 14.2 Å². The highest BCUT2D eigenvalue weighted by Crippen LogP contribution is 2.53. The van der Waals surface area contributed by atoms with Gasteiger partial charge in [0.05, 0.1) is 24.2 Å². The molecule has 0 radical (unpaired) electrons. The number of piperidine rings is 1. The molecule has 0 unspecified atom stereocenters. The van der Waals surface area contributed by atoms with Crippen LogP contribution in [-0.4, -0.2) is 78.6 Å². The van der Waals surface area contributed by atoms with Gasteiger partial charge in [0.15, 0.2) is 0 Å². The van der Waals surface area contributed by atoms with Crippen LogP contribution in [0.1, 0.15) is 43.7 Å². The number of rotatable bonds is 7. The summed E-state index contributed by atoms with van der Waals surface area (Å²) in [7, 11) is -0.887. The van der Waals surface area contributed by atoms with Crippen LogP contribution in [0.2, 0.25) is 0 Å². The molecule has 2 aromatic rings. The molecule has 1 saturated carbocycles. The third-order valence-electron chi connectivity index (χ3n) is 8.80. The van der Waals surface area contributed by atoms with Crippen molar-refractivity contribution in [3.05, 3.63) is 59.7 Å². The van der Waals surface area contributed by atoms with Gasteiger partial charge in [0.1, 0.15) is 17.9 Å². The average molecular weight is 557 g/mol. The van der Waals surface area contributed by atoms with E-state index in [4.69, 9.17) is 9.47 Å². The Morgan fingerprint density at radius 2 is 1.79 bits per heavy atom. The van der Waals surface area contributed by atoms with Crippen LogP contribution in [0.4, 0.5) is 0 Å². The number of esters is 1. The zero-order valence-electron chi connectivity index (χ0n) is 22.7. The first-order chi connectivity index (χ1) is 18.5. The number of carbonyl (C=O) groups excluding carboxylic acids is 2. The van der Waals surface area contributed by atoms with Gasteiger partial charge in [-0.15, -0.1) is 0 Å². The summed E-state index contributed by atoms with van der Waals surface area (Å²) in [6.45, 7) is 3.21. The van der Waals surface area contributed by atoms with E-state index in [-0.39, 0.29) is 16.7 Å². The molecule has 6 atom stereocenters. The largest absolute Gasteiger partial charge is 0.497 e.